The fraction of sp³-hybridized carbons (Fsp3) is 0.883. The fourth-order valence-corrected chi connectivity index (χ4v) is 11.5. The highest BCUT2D eigenvalue weighted by Crippen LogP contribution is 2.19. The van der Waals surface area contributed by atoms with Crippen LogP contribution in [0.3, 0.4) is 0 Å². The predicted octanol–water partition coefficient (Wildman–Crippen LogP) is 25.9. The van der Waals surface area contributed by atoms with Crippen molar-refractivity contribution in [1.82, 2.24) is 0 Å². The van der Waals surface area contributed by atoms with Crippen molar-refractivity contribution < 1.29 is 28.6 Å². The topological polar surface area (TPSA) is 78.9 Å². The summed E-state index contributed by atoms with van der Waals surface area (Å²) in [4.78, 5) is 38.4. The molecule has 83 heavy (non-hydrogen) atoms. The lowest BCUT2D eigenvalue weighted by Crippen LogP contribution is -2.30. The van der Waals surface area contributed by atoms with Gasteiger partial charge >= 0.3 is 17.9 Å². The van der Waals surface area contributed by atoms with Crippen LogP contribution in [0.4, 0.5) is 0 Å². The lowest BCUT2D eigenvalue weighted by Gasteiger charge is -2.18. The molecular formula is C77H144O6. The van der Waals surface area contributed by atoms with E-state index >= 15 is 0 Å². The summed E-state index contributed by atoms with van der Waals surface area (Å²) in [6.45, 7) is 6.69. The molecule has 0 aliphatic rings. The molecule has 0 aliphatic heterocycles. The molecule has 0 heterocycles. The van der Waals surface area contributed by atoms with Gasteiger partial charge in [0.15, 0.2) is 6.10 Å². The second kappa shape index (κ2) is 72.1. The normalized spacial score (nSPS) is 12.2. The first-order valence-corrected chi connectivity index (χ1v) is 37.5. The fourth-order valence-electron chi connectivity index (χ4n) is 11.5. The molecule has 0 N–H and O–H groups in total. The minimum Gasteiger partial charge on any atom is -0.462 e. The van der Waals surface area contributed by atoms with Gasteiger partial charge in [0.1, 0.15) is 13.2 Å². The maximum atomic E-state index is 12.9. The zero-order valence-corrected chi connectivity index (χ0v) is 56.2. The lowest BCUT2D eigenvalue weighted by molar-refractivity contribution is -0.167. The minimum absolute atomic E-state index is 0.0696. The van der Waals surface area contributed by atoms with Crippen LogP contribution in [-0.2, 0) is 28.6 Å². The van der Waals surface area contributed by atoms with E-state index in [1.165, 1.54) is 302 Å². The van der Waals surface area contributed by atoms with Crippen LogP contribution in [0, 0.1) is 0 Å². The molecule has 0 rings (SSSR count). The highest BCUT2D eigenvalue weighted by molar-refractivity contribution is 5.71. The van der Waals surface area contributed by atoms with E-state index in [-0.39, 0.29) is 31.1 Å². The van der Waals surface area contributed by atoms with Gasteiger partial charge in [-0.3, -0.25) is 14.4 Å². The summed E-state index contributed by atoms with van der Waals surface area (Å²) in [6.07, 6.45) is 90.7. The average molecular weight is 1170 g/mol. The van der Waals surface area contributed by atoms with Crippen molar-refractivity contribution in [3.63, 3.8) is 0 Å². The molecule has 0 fully saturated rings. The second-order valence-corrected chi connectivity index (χ2v) is 25.6. The Hall–Kier alpha value is -2.37. The highest BCUT2D eigenvalue weighted by atomic mass is 16.6. The maximum Gasteiger partial charge on any atom is 0.306 e. The van der Waals surface area contributed by atoms with E-state index in [0.717, 1.165) is 77.0 Å². The third-order valence-electron chi connectivity index (χ3n) is 17.1. The zero-order valence-electron chi connectivity index (χ0n) is 56.2. The van der Waals surface area contributed by atoms with Gasteiger partial charge in [0.25, 0.3) is 0 Å². The van der Waals surface area contributed by atoms with Crippen molar-refractivity contribution in [3.05, 3.63) is 36.5 Å². The minimum atomic E-state index is -0.774. The van der Waals surface area contributed by atoms with E-state index in [4.69, 9.17) is 14.2 Å². The molecule has 6 nitrogen and oxygen atoms in total. The molecule has 0 aromatic rings. The smallest absolute Gasteiger partial charge is 0.306 e. The molecule has 0 spiro atoms. The molecule has 0 amide bonds. The number of allylic oxidation sites excluding steroid dienone is 6. The third kappa shape index (κ3) is 70.3. The van der Waals surface area contributed by atoms with Crippen molar-refractivity contribution in [2.45, 2.75) is 425 Å². The molecule has 0 saturated carbocycles. The first kappa shape index (κ1) is 80.6. The van der Waals surface area contributed by atoms with E-state index in [1.54, 1.807) is 0 Å². The average Bonchev–Trinajstić information content (AvgIpc) is 3.48. The van der Waals surface area contributed by atoms with Crippen LogP contribution in [0.25, 0.3) is 0 Å². The Morgan fingerprint density at radius 3 is 0.675 bits per heavy atom. The number of carbonyl (C=O) groups excluding carboxylic acids is 3. The zero-order chi connectivity index (χ0) is 59.9. The van der Waals surface area contributed by atoms with Gasteiger partial charge in [0, 0.05) is 19.3 Å². The number of carbonyl (C=O) groups is 3. The Bertz CT molecular complexity index is 1380. The maximum absolute atomic E-state index is 12.9. The lowest BCUT2D eigenvalue weighted by atomic mass is 10.0. The molecule has 0 bridgehead atoms. The molecular weight excluding hydrogens is 1020 g/mol. The van der Waals surface area contributed by atoms with Crippen molar-refractivity contribution in [1.29, 1.82) is 0 Å². The van der Waals surface area contributed by atoms with Gasteiger partial charge < -0.3 is 14.2 Å². The monoisotopic (exact) mass is 1170 g/mol. The quantitative estimate of drug-likeness (QED) is 0.0261. The van der Waals surface area contributed by atoms with Gasteiger partial charge in [-0.2, -0.15) is 0 Å². The van der Waals surface area contributed by atoms with Crippen LogP contribution in [0.2, 0.25) is 0 Å². The molecule has 0 saturated heterocycles. The van der Waals surface area contributed by atoms with E-state index in [1.807, 2.05) is 0 Å². The Labute approximate surface area is 518 Å². The molecule has 6 heteroatoms. The van der Waals surface area contributed by atoms with E-state index in [2.05, 4.69) is 57.2 Å². The number of ether oxygens (including phenoxy) is 3. The molecule has 0 aromatic heterocycles. The summed E-state index contributed by atoms with van der Waals surface area (Å²) in [5.41, 5.74) is 0. The van der Waals surface area contributed by atoms with Crippen LogP contribution >= 0.6 is 0 Å². The summed E-state index contributed by atoms with van der Waals surface area (Å²) >= 11 is 0. The van der Waals surface area contributed by atoms with Gasteiger partial charge in [-0.25, -0.2) is 0 Å². The van der Waals surface area contributed by atoms with Gasteiger partial charge in [-0.05, 0) is 57.8 Å². The number of rotatable bonds is 70. The summed E-state index contributed by atoms with van der Waals surface area (Å²) in [5.74, 6) is -0.850. The van der Waals surface area contributed by atoms with Crippen LogP contribution in [-0.4, -0.2) is 37.2 Å². The molecule has 488 valence electrons. The second-order valence-electron chi connectivity index (χ2n) is 25.6. The van der Waals surface area contributed by atoms with Gasteiger partial charge in [0.05, 0.1) is 0 Å². The van der Waals surface area contributed by atoms with Gasteiger partial charge in [-0.1, -0.05) is 378 Å². The summed E-state index contributed by atoms with van der Waals surface area (Å²) in [5, 5.41) is 0. The third-order valence-corrected chi connectivity index (χ3v) is 17.1. The summed E-state index contributed by atoms with van der Waals surface area (Å²) in [6, 6.07) is 0. The Morgan fingerprint density at radius 2 is 0.434 bits per heavy atom. The Morgan fingerprint density at radius 1 is 0.241 bits per heavy atom. The van der Waals surface area contributed by atoms with Gasteiger partial charge in [-0.15, -0.1) is 0 Å². The largest absolute Gasteiger partial charge is 0.462 e. The van der Waals surface area contributed by atoms with Crippen molar-refractivity contribution in [3.8, 4) is 0 Å². The number of unbranched alkanes of at least 4 members (excludes halogenated alkanes) is 53. The SMILES string of the molecule is CCCCCCC/C=C\C/C=C\C/C=C\CCCCCCCCCCC(=O)OC(COC(=O)CCCCCCCCCCCC)COC(=O)CCCCCCCCCCCCCCCCCCCCCCCCCCCCCCCCCC. The standard InChI is InChI=1S/C77H144O6/c1-4-7-10-13-16-19-22-24-26-28-30-32-34-35-36-37-38-39-40-41-42-44-45-47-49-51-53-55-58-61-64-67-70-76(79)82-73-74(72-81-75(78)69-66-63-60-57-21-18-15-12-9-6-3)83-77(80)71-68-65-62-59-56-54-52-50-48-46-43-33-31-29-27-25-23-20-17-14-11-8-5-2/h23,25,29,31,43,46,74H,4-22,24,26-28,30,32-42,44-45,47-73H2,1-3H3/b25-23-,31-29-,46-43-. The number of hydrogen-bond donors (Lipinski definition) is 0. The summed E-state index contributed by atoms with van der Waals surface area (Å²) < 4.78 is 17.0. The van der Waals surface area contributed by atoms with Crippen molar-refractivity contribution >= 4 is 17.9 Å². The van der Waals surface area contributed by atoms with E-state index < -0.39 is 6.10 Å². The first-order chi connectivity index (χ1) is 41.0. The summed E-state index contributed by atoms with van der Waals surface area (Å²) in [7, 11) is 0. The molecule has 1 atom stereocenters. The van der Waals surface area contributed by atoms with Crippen LogP contribution in [0.15, 0.2) is 36.5 Å². The van der Waals surface area contributed by atoms with Crippen LogP contribution in [0.5, 0.6) is 0 Å². The van der Waals surface area contributed by atoms with Crippen LogP contribution < -0.4 is 0 Å². The predicted molar refractivity (Wildman–Crippen MR) is 362 cm³/mol. The highest BCUT2D eigenvalue weighted by Gasteiger charge is 2.20. The molecule has 0 aromatic carbocycles. The van der Waals surface area contributed by atoms with Crippen molar-refractivity contribution in [2.24, 2.45) is 0 Å². The molecule has 1 unspecified atom stereocenters. The van der Waals surface area contributed by atoms with Gasteiger partial charge in [0.2, 0.25) is 0 Å². The molecule has 0 radical (unpaired) electrons. The molecule has 0 aliphatic carbocycles. The Balaban J connectivity index is 4.08. The Kier molecular flexibility index (Phi) is 70.0. The number of esters is 3. The van der Waals surface area contributed by atoms with E-state index in [0.29, 0.717) is 19.3 Å². The first-order valence-electron chi connectivity index (χ1n) is 37.5. The van der Waals surface area contributed by atoms with E-state index in [9.17, 15) is 14.4 Å². The van der Waals surface area contributed by atoms with Crippen molar-refractivity contribution in [2.75, 3.05) is 13.2 Å². The van der Waals surface area contributed by atoms with Crippen LogP contribution in [0.1, 0.15) is 419 Å². The number of hydrogen-bond acceptors (Lipinski definition) is 6.